The number of piperidine rings is 1. The predicted molar refractivity (Wildman–Crippen MR) is 106 cm³/mol. The summed E-state index contributed by atoms with van der Waals surface area (Å²) in [6, 6.07) is 0. The second kappa shape index (κ2) is 6.90. The number of carboxylic acids is 1. The number of aromatic nitrogens is 1. The molecule has 156 valence electrons. The average molecular weight is 461 g/mol. The molecule has 1 unspecified atom stereocenters. The molecule has 2 heterocycles. The number of rotatable bonds is 4. The summed E-state index contributed by atoms with van der Waals surface area (Å²) in [5.41, 5.74) is 0.935. The molecule has 0 radical (unpaired) electrons. The van der Waals surface area contributed by atoms with Crippen molar-refractivity contribution >= 4 is 27.6 Å². The van der Waals surface area contributed by atoms with E-state index in [2.05, 4.69) is 20.9 Å². The Labute approximate surface area is 172 Å². The third-order valence-electron chi connectivity index (χ3n) is 5.71. The van der Waals surface area contributed by atoms with Crippen molar-refractivity contribution in [2.75, 3.05) is 18.0 Å². The van der Waals surface area contributed by atoms with E-state index in [1.165, 1.54) is 0 Å². The molecule has 28 heavy (non-hydrogen) atoms. The zero-order valence-electron chi connectivity index (χ0n) is 16.9. The van der Waals surface area contributed by atoms with Crippen LogP contribution in [0.15, 0.2) is 4.47 Å². The molecule has 0 bridgehead atoms. The Bertz CT molecular complexity index is 800. The number of aliphatic carboxylic acids is 1. The van der Waals surface area contributed by atoms with Crippen LogP contribution in [0, 0.1) is 19.3 Å². The first-order valence-electron chi connectivity index (χ1n) is 9.48. The summed E-state index contributed by atoms with van der Waals surface area (Å²) in [6.07, 6.45) is -0.451. The van der Waals surface area contributed by atoms with Crippen LogP contribution in [0.4, 0.5) is 14.5 Å². The highest BCUT2D eigenvalue weighted by molar-refractivity contribution is 9.10. The van der Waals surface area contributed by atoms with E-state index in [9.17, 15) is 18.7 Å². The number of hydrogen-bond donors (Lipinski definition) is 1. The molecule has 1 aliphatic heterocycles. The average Bonchev–Trinajstić information content (AvgIpc) is 3.08. The lowest BCUT2D eigenvalue weighted by atomic mass is 9.91. The zero-order valence-corrected chi connectivity index (χ0v) is 18.5. The number of nitrogens with zero attached hydrogens (tertiary/aromatic N) is 2. The highest BCUT2D eigenvalue weighted by Gasteiger charge is 2.70. The van der Waals surface area contributed by atoms with Gasteiger partial charge in [-0.25, -0.2) is 13.6 Å². The fraction of sp³-hybridized carbons (Fsp3) is 0.700. The van der Waals surface area contributed by atoms with Crippen LogP contribution in [-0.2, 0) is 9.53 Å². The second-order valence-corrected chi connectivity index (χ2v) is 9.75. The monoisotopic (exact) mass is 460 g/mol. The van der Waals surface area contributed by atoms with E-state index in [1.54, 1.807) is 27.7 Å². The van der Waals surface area contributed by atoms with Gasteiger partial charge in [0.25, 0.3) is 5.92 Å². The number of carboxylic acid groups (broad SMARTS) is 1. The van der Waals surface area contributed by atoms with Crippen molar-refractivity contribution in [3.63, 3.8) is 0 Å². The summed E-state index contributed by atoms with van der Waals surface area (Å²) >= 11 is 3.56. The Morgan fingerprint density at radius 3 is 2.21 bits per heavy atom. The van der Waals surface area contributed by atoms with Gasteiger partial charge in [-0.1, -0.05) is 0 Å². The van der Waals surface area contributed by atoms with E-state index in [0.717, 1.165) is 5.69 Å². The van der Waals surface area contributed by atoms with Crippen molar-refractivity contribution in [1.29, 1.82) is 0 Å². The first-order valence-corrected chi connectivity index (χ1v) is 10.3. The third kappa shape index (κ3) is 3.77. The first-order chi connectivity index (χ1) is 12.8. The van der Waals surface area contributed by atoms with E-state index in [-0.39, 0.29) is 6.42 Å². The number of halogens is 3. The molecular weight excluding hydrogens is 434 g/mol. The maximum Gasteiger partial charge on any atom is 0.337 e. The van der Waals surface area contributed by atoms with Crippen molar-refractivity contribution in [1.82, 2.24) is 4.98 Å². The van der Waals surface area contributed by atoms with Gasteiger partial charge < -0.3 is 14.7 Å². The van der Waals surface area contributed by atoms with Crippen LogP contribution in [0.2, 0.25) is 0 Å². The van der Waals surface area contributed by atoms with Gasteiger partial charge in [0.2, 0.25) is 0 Å². The van der Waals surface area contributed by atoms with Gasteiger partial charge in [0, 0.05) is 36.2 Å². The highest BCUT2D eigenvalue weighted by Crippen LogP contribution is 2.66. The van der Waals surface area contributed by atoms with Gasteiger partial charge in [-0.15, -0.1) is 0 Å². The van der Waals surface area contributed by atoms with Gasteiger partial charge in [0.1, 0.15) is 0 Å². The molecule has 1 aromatic rings. The molecule has 3 rings (SSSR count). The molecule has 0 amide bonds. The van der Waals surface area contributed by atoms with E-state index in [0.29, 0.717) is 47.3 Å². The molecule has 1 aliphatic carbocycles. The number of ether oxygens (including phenoxy) is 1. The second-order valence-electron chi connectivity index (χ2n) is 8.96. The number of alkyl halides is 2. The minimum Gasteiger partial charge on any atom is -0.479 e. The fourth-order valence-electron chi connectivity index (χ4n) is 4.11. The topological polar surface area (TPSA) is 62.7 Å². The SMILES string of the molecule is Cc1nc(C)c(C(OC(C)(C)C)C(=O)O)c(N2CCC3(CC2)CC3(F)F)c1Br. The van der Waals surface area contributed by atoms with Crippen molar-refractivity contribution in [3.05, 3.63) is 21.4 Å². The van der Waals surface area contributed by atoms with Crippen LogP contribution >= 0.6 is 15.9 Å². The number of aryl methyl sites for hydroxylation is 2. The summed E-state index contributed by atoms with van der Waals surface area (Å²) in [5, 5.41) is 9.87. The summed E-state index contributed by atoms with van der Waals surface area (Å²) in [7, 11) is 0. The van der Waals surface area contributed by atoms with E-state index in [4.69, 9.17) is 4.74 Å². The normalized spacial score (nSPS) is 21.6. The Morgan fingerprint density at radius 1 is 1.25 bits per heavy atom. The quantitative estimate of drug-likeness (QED) is 0.682. The van der Waals surface area contributed by atoms with Crippen LogP contribution < -0.4 is 4.90 Å². The van der Waals surface area contributed by atoms with Gasteiger partial charge >= 0.3 is 5.97 Å². The van der Waals surface area contributed by atoms with Crippen molar-refractivity contribution < 1.29 is 23.4 Å². The Morgan fingerprint density at radius 2 is 1.79 bits per heavy atom. The van der Waals surface area contributed by atoms with Crippen LogP contribution in [0.1, 0.15) is 63.1 Å². The largest absolute Gasteiger partial charge is 0.479 e. The van der Waals surface area contributed by atoms with E-state index in [1.807, 2.05) is 11.8 Å². The molecule has 1 aromatic heterocycles. The van der Waals surface area contributed by atoms with Crippen LogP contribution in [0.3, 0.4) is 0 Å². The minimum absolute atomic E-state index is 0.0405. The maximum absolute atomic E-state index is 13.8. The molecule has 2 fully saturated rings. The number of anilines is 1. The van der Waals surface area contributed by atoms with Crippen molar-refractivity contribution in [2.45, 2.75) is 71.5 Å². The molecule has 8 heteroatoms. The van der Waals surface area contributed by atoms with E-state index < -0.39 is 29.0 Å². The number of pyridine rings is 1. The van der Waals surface area contributed by atoms with Crippen molar-refractivity contribution in [2.24, 2.45) is 5.41 Å². The molecule has 1 atom stereocenters. The number of carbonyl (C=O) groups is 1. The predicted octanol–water partition coefficient (Wildman–Crippen LogP) is 5.03. The molecule has 1 saturated carbocycles. The minimum atomic E-state index is -2.57. The lowest BCUT2D eigenvalue weighted by Crippen LogP contribution is -2.38. The fourth-order valence-corrected chi connectivity index (χ4v) is 4.67. The molecule has 0 aromatic carbocycles. The molecule has 1 saturated heterocycles. The summed E-state index contributed by atoms with van der Waals surface area (Å²) < 4.78 is 34.1. The van der Waals surface area contributed by atoms with Gasteiger partial charge in [0.15, 0.2) is 6.10 Å². The lowest BCUT2D eigenvalue weighted by Gasteiger charge is -2.37. The van der Waals surface area contributed by atoms with Gasteiger partial charge in [0.05, 0.1) is 21.5 Å². The molecule has 5 nitrogen and oxygen atoms in total. The first kappa shape index (κ1) is 21.4. The van der Waals surface area contributed by atoms with Crippen LogP contribution in [-0.4, -0.2) is 40.7 Å². The summed E-state index contributed by atoms with van der Waals surface area (Å²) in [5.74, 6) is -3.67. The summed E-state index contributed by atoms with van der Waals surface area (Å²) in [4.78, 5) is 18.6. The van der Waals surface area contributed by atoms with Gasteiger partial charge in [-0.3, -0.25) is 4.98 Å². The molecular formula is C20H27BrF2N2O3. The Balaban J connectivity index is 2.02. The molecule has 1 N–H and O–H groups in total. The van der Waals surface area contributed by atoms with Crippen molar-refractivity contribution in [3.8, 4) is 0 Å². The lowest BCUT2D eigenvalue weighted by molar-refractivity contribution is -0.160. The van der Waals surface area contributed by atoms with Crippen LogP contribution in [0.5, 0.6) is 0 Å². The standard InChI is InChI=1S/C20H27BrF2N2O3/c1-11-13(16(17(26)27)28-18(3,4)5)15(14(21)12(2)24-11)25-8-6-19(7-9-25)10-20(19,22)23/h16H,6-10H2,1-5H3,(H,26,27). The maximum atomic E-state index is 13.8. The highest BCUT2D eigenvalue weighted by atomic mass is 79.9. The Kier molecular flexibility index (Phi) is 5.28. The van der Waals surface area contributed by atoms with Gasteiger partial charge in [-0.05, 0) is 63.4 Å². The molecule has 2 aliphatic rings. The number of hydrogen-bond acceptors (Lipinski definition) is 4. The smallest absolute Gasteiger partial charge is 0.337 e. The Hall–Kier alpha value is -1.28. The van der Waals surface area contributed by atoms with E-state index >= 15 is 0 Å². The third-order valence-corrected chi connectivity index (χ3v) is 6.66. The van der Waals surface area contributed by atoms with Crippen LogP contribution in [0.25, 0.3) is 0 Å². The summed E-state index contributed by atoms with van der Waals surface area (Å²) in [6.45, 7) is 9.90. The molecule has 1 spiro atoms. The van der Waals surface area contributed by atoms with Gasteiger partial charge in [-0.2, -0.15) is 0 Å². The zero-order chi connectivity index (χ0) is 21.1.